The Labute approximate surface area is 85.5 Å². The highest BCUT2D eigenvalue weighted by molar-refractivity contribution is 5.66. The van der Waals surface area contributed by atoms with Crippen molar-refractivity contribution in [3.05, 3.63) is 41.5 Å². The van der Waals surface area contributed by atoms with Crippen LogP contribution >= 0.6 is 0 Å². The Balaban J connectivity index is 3.15. The van der Waals surface area contributed by atoms with E-state index in [-0.39, 0.29) is 0 Å². The largest absolute Gasteiger partial charge is 0.416 e. The quantitative estimate of drug-likeness (QED) is 0.650. The molecule has 0 saturated heterocycles. The second kappa shape index (κ2) is 4.18. The first-order valence-corrected chi connectivity index (χ1v) is 4.19. The summed E-state index contributed by atoms with van der Waals surface area (Å²) in [6.07, 6.45) is -3.13. The second-order valence-electron chi connectivity index (χ2n) is 3.04. The van der Waals surface area contributed by atoms with Crippen LogP contribution in [0.4, 0.5) is 13.2 Å². The van der Waals surface area contributed by atoms with Gasteiger partial charge in [0.25, 0.3) is 0 Å². The van der Waals surface area contributed by atoms with E-state index in [1.54, 1.807) is 19.1 Å². The molecule has 0 aliphatic carbocycles. The molecule has 4 heteroatoms. The summed E-state index contributed by atoms with van der Waals surface area (Å²) in [5, 5.41) is 8.38. The third-order valence-corrected chi connectivity index (χ3v) is 1.93. The molecule has 0 heterocycles. The first kappa shape index (κ1) is 11.3. The molecule has 0 bridgehead atoms. The van der Waals surface area contributed by atoms with E-state index < -0.39 is 11.7 Å². The molecular formula is C11H8F3N. The van der Waals surface area contributed by atoms with E-state index in [1.807, 2.05) is 0 Å². The molecule has 78 valence electrons. The van der Waals surface area contributed by atoms with Gasteiger partial charge in [0.1, 0.15) is 0 Å². The van der Waals surface area contributed by atoms with Gasteiger partial charge < -0.3 is 0 Å². The number of hydrogen-bond donors (Lipinski definition) is 0. The van der Waals surface area contributed by atoms with Crippen LogP contribution in [0.5, 0.6) is 0 Å². The summed E-state index contributed by atoms with van der Waals surface area (Å²) in [7, 11) is 0. The molecule has 0 aliphatic heterocycles. The van der Waals surface area contributed by atoms with Crippen LogP contribution in [0.3, 0.4) is 0 Å². The molecule has 0 aliphatic rings. The lowest BCUT2D eigenvalue weighted by atomic mass is 10.0. The number of benzene rings is 1. The maximum Gasteiger partial charge on any atom is 0.416 e. The minimum absolute atomic E-state index is 0.409. The summed E-state index contributed by atoms with van der Waals surface area (Å²) in [5.41, 5.74) is 0.223. The third kappa shape index (κ3) is 2.84. The zero-order valence-corrected chi connectivity index (χ0v) is 7.97. The van der Waals surface area contributed by atoms with Crippen molar-refractivity contribution < 1.29 is 13.2 Å². The van der Waals surface area contributed by atoms with Crippen LogP contribution in [-0.2, 0) is 6.18 Å². The van der Waals surface area contributed by atoms with Gasteiger partial charge in [-0.3, -0.25) is 0 Å². The van der Waals surface area contributed by atoms with Crippen molar-refractivity contribution in [1.29, 1.82) is 5.26 Å². The van der Waals surface area contributed by atoms with E-state index in [1.165, 1.54) is 12.1 Å². The fourth-order valence-electron chi connectivity index (χ4n) is 1.12. The van der Waals surface area contributed by atoms with Gasteiger partial charge in [-0.05, 0) is 30.2 Å². The predicted octanol–water partition coefficient (Wildman–Crippen LogP) is 3.63. The fraction of sp³-hybridized carbons (Fsp3) is 0.182. The van der Waals surface area contributed by atoms with Crippen molar-refractivity contribution >= 4 is 5.57 Å². The predicted molar refractivity (Wildman–Crippen MR) is 50.7 cm³/mol. The highest BCUT2D eigenvalue weighted by Gasteiger charge is 2.30. The molecule has 1 rings (SSSR count). The number of alkyl halides is 3. The summed E-state index contributed by atoms with van der Waals surface area (Å²) >= 11 is 0. The second-order valence-corrected chi connectivity index (χ2v) is 3.04. The molecule has 1 aromatic rings. The van der Waals surface area contributed by atoms with Crippen LogP contribution in [-0.4, -0.2) is 0 Å². The molecule has 0 amide bonds. The zero-order chi connectivity index (χ0) is 11.5. The van der Waals surface area contributed by atoms with Gasteiger partial charge in [0.15, 0.2) is 0 Å². The highest BCUT2D eigenvalue weighted by atomic mass is 19.4. The van der Waals surface area contributed by atoms with Gasteiger partial charge in [-0.25, -0.2) is 0 Å². The Hall–Kier alpha value is -1.76. The average Bonchev–Trinajstić information content (AvgIpc) is 2.17. The molecule has 0 unspecified atom stereocenters. The lowest BCUT2D eigenvalue weighted by Gasteiger charge is -2.08. The smallest absolute Gasteiger partial charge is 0.193 e. The van der Waals surface area contributed by atoms with Crippen LogP contribution in [0.15, 0.2) is 30.3 Å². The standard InChI is InChI=1S/C11H8F3N/c1-8(5-6-15)9-3-2-4-10(7-9)11(12,13)14/h2-5,7H,1H3/b8-5-. The summed E-state index contributed by atoms with van der Waals surface area (Å²) in [6, 6.07) is 6.68. The molecule has 0 N–H and O–H groups in total. The number of rotatable bonds is 1. The number of hydrogen-bond acceptors (Lipinski definition) is 1. The van der Waals surface area contributed by atoms with Crippen molar-refractivity contribution in [3.8, 4) is 6.07 Å². The van der Waals surface area contributed by atoms with Crippen molar-refractivity contribution in [2.45, 2.75) is 13.1 Å². The maximum atomic E-state index is 12.3. The molecule has 0 spiro atoms. The van der Waals surface area contributed by atoms with Crippen molar-refractivity contribution in [2.24, 2.45) is 0 Å². The van der Waals surface area contributed by atoms with Crippen LogP contribution < -0.4 is 0 Å². The lowest BCUT2D eigenvalue weighted by molar-refractivity contribution is -0.137. The van der Waals surface area contributed by atoms with Crippen molar-refractivity contribution in [2.75, 3.05) is 0 Å². The SMILES string of the molecule is C/C(=C/C#N)c1cccc(C(F)(F)F)c1. The minimum Gasteiger partial charge on any atom is -0.193 e. The van der Waals surface area contributed by atoms with Crippen LogP contribution in [0.2, 0.25) is 0 Å². The molecule has 0 radical (unpaired) electrons. The monoisotopic (exact) mass is 211 g/mol. The molecule has 1 aromatic carbocycles. The molecule has 0 fully saturated rings. The van der Waals surface area contributed by atoms with Crippen molar-refractivity contribution in [1.82, 2.24) is 0 Å². The summed E-state index contributed by atoms with van der Waals surface area (Å²) in [4.78, 5) is 0. The Kier molecular flexibility index (Phi) is 3.15. The molecule has 0 atom stereocenters. The Morgan fingerprint density at radius 2 is 2.07 bits per heavy atom. The maximum absolute atomic E-state index is 12.3. The average molecular weight is 211 g/mol. The van der Waals surface area contributed by atoms with Gasteiger partial charge in [-0.2, -0.15) is 18.4 Å². The van der Waals surface area contributed by atoms with Gasteiger partial charge in [-0.15, -0.1) is 0 Å². The van der Waals surface area contributed by atoms with E-state index >= 15 is 0 Å². The molecular weight excluding hydrogens is 203 g/mol. The van der Waals surface area contributed by atoms with Gasteiger partial charge in [0, 0.05) is 6.08 Å². The summed E-state index contributed by atoms with van der Waals surface area (Å²) in [6.45, 7) is 1.60. The lowest BCUT2D eigenvalue weighted by Crippen LogP contribution is -2.04. The molecule has 15 heavy (non-hydrogen) atoms. The van der Waals surface area contributed by atoms with Crippen molar-refractivity contribution in [3.63, 3.8) is 0 Å². The zero-order valence-electron chi connectivity index (χ0n) is 7.97. The first-order chi connectivity index (χ1) is 6.95. The summed E-state index contributed by atoms with van der Waals surface area (Å²) in [5.74, 6) is 0. The molecule has 0 aromatic heterocycles. The molecule has 0 saturated carbocycles. The van der Waals surface area contributed by atoms with E-state index in [9.17, 15) is 13.2 Å². The van der Waals surface area contributed by atoms with E-state index in [2.05, 4.69) is 0 Å². The molecule has 1 nitrogen and oxygen atoms in total. The number of allylic oxidation sites excluding steroid dienone is 2. The fourth-order valence-corrected chi connectivity index (χ4v) is 1.12. The Bertz CT molecular complexity index is 424. The number of nitriles is 1. The Morgan fingerprint density at radius 1 is 1.40 bits per heavy atom. The Morgan fingerprint density at radius 3 is 2.60 bits per heavy atom. The van der Waals surface area contributed by atoms with E-state index in [0.717, 1.165) is 12.1 Å². The number of nitrogens with zero attached hydrogens (tertiary/aromatic N) is 1. The summed E-state index contributed by atoms with van der Waals surface area (Å²) < 4.78 is 37.0. The van der Waals surface area contributed by atoms with Crippen LogP contribution in [0, 0.1) is 11.3 Å². The van der Waals surface area contributed by atoms with E-state index in [4.69, 9.17) is 5.26 Å². The van der Waals surface area contributed by atoms with Gasteiger partial charge in [0.05, 0.1) is 11.6 Å². The first-order valence-electron chi connectivity index (χ1n) is 4.19. The van der Waals surface area contributed by atoms with Gasteiger partial charge in [-0.1, -0.05) is 12.1 Å². The minimum atomic E-state index is -4.34. The van der Waals surface area contributed by atoms with Crippen LogP contribution in [0.1, 0.15) is 18.1 Å². The topological polar surface area (TPSA) is 23.8 Å². The van der Waals surface area contributed by atoms with Crippen LogP contribution in [0.25, 0.3) is 5.57 Å². The van der Waals surface area contributed by atoms with E-state index in [0.29, 0.717) is 11.1 Å². The highest BCUT2D eigenvalue weighted by Crippen LogP contribution is 2.30. The normalized spacial score (nSPS) is 12.3. The third-order valence-electron chi connectivity index (χ3n) is 1.93. The number of halogens is 3. The van der Waals surface area contributed by atoms with Gasteiger partial charge >= 0.3 is 6.18 Å². The van der Waals surface area contributed by atoms with Gasteiger partial charge in [0.2, 0.25) is 0 Å².